The van der Waals surface area contributed by atoms with Gasteiger partial charge < -0.3 is 14.2 Å². The summed E-state index contributed by atoms with van der Waals surface area (Å²) in [5.74, 6) is 1.10. The maximum Gasteiger partial charge on any atom is 0.461 e. The molecule has 23 heavy (non-hydrogen) atoms. The molecule has 0 atom stereocenters. The third-order valence-electron chi connectivity index (χ3n) is 6.46. The van der Waals surface area contributed by atoms with Crippen LogP contribution in [0, 0.1) is 5.92 Å². The van der Waals surface area contributed by atoms with E-state index in [0.717, 1.165) is 38.8 Å². The molecule has 0 aromatic heterocycles. The lowest BCUT2D eigenvalue weighted by Crippen LogP contribution is -2.44. The number of likely N-dealkylation sites (tertiary alicyclic amines) is 1. The molecule has 1 amide bonds. The first-order valence-electron chi connectivity index (χ1n) is 9.44. The summed E-state index contributed by atoms with van der Waals surface area (Å²) < 4.78 is 12.4. The molecule has 0 radical (unpaired) electrons. The minimum absolute atomic E-state index is 0.119. The smallest absolute Gasteiger partial charge is 0.403 e. The van der Waals surface area contributed by atoms with Crippen LogP contribution in [-0.4, -0.2) is 42.2 Å². The highest BCUT2D eigenvalue weighted by molar-refractivity contribution is 6.47. The van der Waals surface area contributed by atoms with E-state index < -0.39 is 0 Å². The summed E-state index contributed by atoms with van der Waals surface area (Å²) in [7, 11) is -0.119. The van der Waals surface area contributed by atoms with E-state index in [-0.39, 0.29) is 24.2 Å². The summed E-state index contributed by atoms with van der Waals surface area (Å²) >= 11 is 0. The van der Waals surface area contributed by atoms with E-state index in [1.165, 1.54) is 19.3 Å². The third kappa shape index (κ3) is 3.46. The lowest BCUT2D eigenvalue weighted by molar-refractivity contribution is -0.137. The molecule has 4 nitrogen and oxygen atoms in total. The van der Waals surface area contributed by atoms with Gasteiger partial charge in [0.25, 0.3) is 0 Å². The van der Waals surface area contributed by atoms with Crippen LogP contribution in [0.5, 0.6) is 0 Å². The molecular weight excluding hydrogens is 289 g/mol. The molecule has 5 heteroatoms. The maximum atomic E-state index is 12.7. The van der Waals surface area contributed by atoms with Gasteiger partial charge in [-0.05, 0) is 59.2 Å². The zero-order valence-corrected chi connectivity index (χ0v) is 15.3. The average molecular weight is 321 g/mol. The van der Waals surface area contributed by atoms with Crippen LogP contribution in [0.3, 0.4) is 0 Å². The van der Waals surface area contributed by atoms with Gasteiger partial charge in [0.15, 0.2) is 0 Å². The van der Waals surface area contributed by atoms with Crippen LogP contribution in [0.1, 0.15) is 72.6 Å². The van der Waals surface area contributed by atoms with Crippen molar-refractivity contribution in [2.45, 2.75) is 89.7 Å². The van der Waals surface area contributed by atoms with Crippen LogP contribution < -0.4 is 0 Å². The van der Waals surface area contributed by atoms with Crippen molar-refractivity contribution in [1.29, 1.82) is 0 Å². The van der Waals surface area contributed by atoms with Crippen LogP contribution in [0.2, 0.25) is 5.82 Å². The van der Waals surface area contributed by atoms with E-state index in [2.05, 4.69) is 32.6 Å². The van der Waals surface area contributed by atoms with Crippen molar-refractivity contribution < 1.29 is 14.1 Å². The fourth-order valence-electron chi connectivity index (χ4n) is 4.08. The van der Waals surface area contributed by atoms with Crippen LogP contribution in [0.25, 0.3) is 0 Å². The molecule has 0 unspecified atom stereocenters. The lowest BCUT2D eigenvalue weighted by atomic mass is 9.66. The molecule has 0 spiro atoms. The van der Waals surface area contributed by atoms with Crippen molar-refractivity contribution in [3.05, 3.63) is 0 Å². The number of rotatable bonds is 2. The lowest BCUT2D eigenvalue weighted by Gasteiger charge is -2.35. The van der Waals surface area contributed by atoms with Gasteiger partial charge in [0, 0.05) is 19.0 Å². The molecule has 0 aromatic rings. The summed E-state index contributed by atoms with van der Waals surface area (Å²) in [6.07, 6.45) is 7.92. The summed E-state index contributed by atoms with van der Waals surface area (Å²) in [4.78, 5) is 14.7. The predicted molar refractivity (Wildman–Crippen MR) is 92.2 cm³/mol. The quantitative estimate of drug-likeness (QED) is 0.729. The second kappa shape index (κ2) is 6.40. The van der Waals surface area contributed by atoms with Crippen molar-refractivity contribution in [2.24, 2.45) is 5.92 Å². The average Bonchev–Trinajstić information content (AvgIpc) is 2.76. The highest BCUT2D eigenvalue weighted by Crippen LogP contribution is 2.42. The van der Waals surface area contributed by atoms with Gasteiger partial charge in [-0.3, -0.25) is 4.79 Å². The Balaban J connectivity index is 1.52. The summed E-state index contributed by atoms with van der Waals surface area (Å²) in [6.45, 7) is 10.2. The molecule has 1 saturated carbocycles. The molecule has 0 aromatic carbocycles. The topological polar surface area (TPSA) is 38.8 Å². The van der Waals surface area contributed by atoms with Gasteiger partial charge in [0.2, 0.25) is 5.91 Å². The molecular formula is C18H32BNO3. The number of piperidine rings is 1. The van der Waals surface area contributed by atoms with Crippen molar-refractivity contribution in [3.8, 4) is 0 Å². The Labute approximate surface area is 141 Å². The fraction of sp³-hybridized carbons (Fsp3) is 0.944. The number of carbonyl (C=O) groups is 1. The Morgan fingerprint density at radius 1 is 0.913 bits per heavy atom. The molecule has 130 valence electrons. The van der Waals surface area contributed by atoms with Crippen LogP contribution in [-0.2, 0) is 14.1 Å². The Bertz CT molecular complexity index is 422. The van der Waals surface area contributed by atoms with Gasteiger partial charge in [-0.15, -0.1) is 0 Å². The standard InChI is InChI=1S/C18H32BNO3/c1-17(2)18(3,4)23-19(22-17)15-10-12-20(13-11-15)16(21)14-8-6-5-7-9-14/h14-15H,5-13H2,1-4H3. The molecule has 2 aliphatic heterocycles. The van der Waals surface area contributed by atoms with Gasteiger partial charge in [-0.25, -0.2) is 0 Å². The van der Waals surface area contributed by atoms with E-state index in [4.69, 9.17) is 9.31 Å². The molecule has 1 aliphatic carbocycles. The number of nitrogens with zero attached hydrogens (tertiary/aromatic N) is 1. The number of amides is 1. The van der Waals surface area contributed by atoms with Crippen molar-refractivity contribution >= 4 is 13.0 Å². The molecule has 3 fully saturated rings. The fourth-order valence-corrected chi connectivity index (χ4v) is 4.08. The molecule has 3 rings (SSSR count). The first kappa shape index (κ1) is 17.3. The summed E-state index contributed by atoms with van der Waals surface area (Å²) in [5, 5.41) is 0. The summed E-state index contributed by atoms with van der Waals surface area (Å²) in [5.41, 5.74) is -0.514. The van der Waals surface area contributed by atoms with E-state index in [1.54, 1.807) is 0 Å². The molecule has 2 saturated heterocycles. The van der Waals surface area contributed by atoms with Gasteiger partial charge in [0.1, 0.15) is 0 Å². The Morgan fingerprint density at radius 2 is 1.43 bits per heavy atom. The number of hydrogen-bond donors (Lipinski definition) is 0. The van der Waals surface area contributed by atoms with Crippen LogP contribution >= 0.6 is 0 Å². The first-order chi connectivity index (χ1) is 10.8. The maximum absolute atomic E-state index is 12.7. The van der Waals surface area contributed by atoms with Crippen molar-refractivity contribution in [1.82, 2.24) is 4.90 Å². The highest BCUT2D eigenvalue weighted by Gasteiger charge is 2.54. The molecule has 2 heterocycles. The SMILES string of the molecule is CC1(C)OB(C2CCN(C(=O)C3CCCCC3)CC2)OC1(C)C. The Hall–Kier alpha value is -0.545. The van der Waals surface area contributed by atoms with Crippen LogP contribution in [0.15, 0.2) is 0 Å². The minimum Gasteiger partial charge on any atom is -0.403 e. The van der Waals surface area contributed by atoms with Gasteiger partial charge in [0.05, 0.1) is 11.2 Å². The van der Waals surface area contributed by atoms with Crippen molar-refractivity contribution in [3.63, 3.8) is 0 Å². The van der Waals surface area contributed by atoms with E-state index in [0.29, 0.717) is 11.7 Å². The number of carbonyl (C=O) groups excluding carboxylic acids is 1. The molecule has 0 bridgehead atoms. The third-order valence-corrected chi connectivity index (χ3v) is 6.46. The zero-order chi connectivity index (χ0) is 16.7. The molecule has 0 N–H and O–H groups in total. The van der Waals surface area contributed by atoms with E-state index in [9.17, 15) is 4.79 Å². The van der Waals surface area contributed by atoms with Gasteiger partial charge in [-0.1, -0.05) is 19.3 Å². The van der Waals surface area contributed by atoms with Gasteiger partial charge >= 0.3 is 7.12 Å². The largest absolute Gasteiger partial charge is 0.461 e. The van der Waals surface area contributed by atoms with E-state index in [1.807, 2.05) is 0 Å². The number of hydrogen-bond acceptors (Lipinski definition) is 3. The Morgan fingerprint density at radius 3 is 1.96 bits per heavy atom. The minimum atomic E-state index is -0.257. The predicted octanol–water partition coefficient (Wildman–Crippen LogP) is 3.65. The normalized spacial score (nSPS) is 29.0. The first-order valence-corrected chi connectivity index (χ1v) is 9.44. The van der Waals surface area contributed by atoms with Gasteiger partial charge in [-0.2, -0.15) is 0 Å². The highest BCUT2D eigenvalue weighted by atomic mass is 16.7. The molecule has 3 aliphatic rings. The monoisotopic (exact) mass is 321 g/mol. The zero-order valence-electron chi connectivity index (χ0n) is 15.3. The van der Waals surface area contributed by atoms with E-state index >= 15 is 0 Å². The van der Waals surface area contributed by atoms with Crippen LogP contribution in [0.4, 0.5) is 0 Å². The summed E-state index contributed by atoms with van der Waals surface area (Å²) in [6, 6.07) is 0. The second-order valence-electron chi connectivity index (χ2n) is 8.62. The Kier molecular flexibility index (Phi) is 4.81. The van der Waals surface area contributed by atoms with Crippen molar-refractivity contribution in [2.75, 3.05) is 13.1 Å². The second-order valence-corrected chi connectivity index (χ2v) is 8.62.